The van der Waals surface area contributed by atoms with Gasteiger partial charge in [-0.15, -0.1) is 0 Å². The molecule has 218 valence electrons. The third kappa shape index (κ3) is 4.63. The number of likely N-dealkylation sites (tertiary alicyclic amines) is 2. The van der Waals surface area contributed by atoms with Crippen molar-refractivity contribution in [1.82, 2.24) is 14.4 Å². The summed E-state index contributed by atoms with van der Waals surface area (Å²) in [4.78, 5) is 43.1. The van der Waals surface area contributed by atoms with E-state index in [1.54, 1.807) is 0 Å². The highest BCUT2D eigenvalue weighted by molar-refractivity contribution is 6.03. The van der Waals surface area contributed by atoms with Crippen LogP contribution in [0.3, 0.4) is 0 Å². The second-order valence-corrected chi connectivity index (χ2v) is 12.4. The fourth-order valence-electron chi connectivity index (χ4n) is 7.89. The van der Waals surface area contributed by atoms with E-state index in [1.165, 1.54) is 43.0 Å². The summed E-state index contributed by atoms with van der Waals surface area (Å²) in [5.41, 5.74) is 7.00. The summed E-state index contributed by atoms with van der Waals surface area (Å²) < 4.78 is 7.37. The highest BCUT2D eigenvalue weighted by atomic mass is 16.5. The van der Waals surface area contributed by atoms with E-state index in [9.17, 15) is 14.4 Å². The number of hydrogen-bond acceptors (Lipinski definition) is 4. The number of benzene rings is 2. The van der Waals surface area contributed by atoms with Gasteiger partial charge >= 0.3 is 5.97 Å². The molecule has 3 aliphatic heterocycles. The molecule has 4 aliphatic rings. The number of piperidine rings is 1. The summed E-state index contributed by atoms with van der Waals surface area (Å²) in [6.07, 6.45) is 11.4. The minimum absolute atomic E-state index is 0.0639. The molecule has 1 aliphatic carbocycles. The van der Waals surface area contributed by atoms with E-state index >= 15 is 0 Å². The zero-order valence-corrected chi connectivity index (χ0v) is 24.4. The molecule has 2 amide bonds. The Bertz CT molecular complexity index is 1590. The molecular weight excluding hydrogens is 526 g/mol. The Labute approximate surface area is 247 Å². The van der Waals surface area contributed by atoms with Crippen molar-refractivity contribution in [2.75, 3.05) is 26.7 Å². The maximum absolute atomic E-state index is 14.2. The first-order chi connectivity index (χ1) is 20.5. The standard InChI is InChI=1S/C35H39N3O4/c1-42-35(41)25-13-14-29-30(21-25)38-22-26(34(40)36-18-15-27(16-19-36)37-17-7-12-31(37)39)20-24-10-5-6-11-28(24)33(38)32(29)23-8-3-2-4-9-23/h5-6,10-11,13-14,20-21,23,27H,2-4,7-9,12,15-19,22H2,1H3. The molecule has 0 spiro atoms. The van der Waals surface area contributed by atoms with E-state index in [0.29, 0.717) is 37.5 Å². The number of methoxy groups -OCH3 is 1. The van der Waals surface area contributed by atoms with E-state index in [1.807, 2.05) is 28.0 Å². The monoisotopic (exact) mass is 565 g/mol. The highest BCUT2D eigenvalue weighted by Crippen LogP contribution is 2.46. The van der Waals surface area contributed by atoms with Crippen LogP contribution in [0.25, 0.3) is 28.2 Å². The Morgan fingerprint density at radius 2 is 1.69 bits per heavy atom. The van der Waals surface area contributed by atoms with Crippen LogP contribution < -0.4 is 0 Å². The molecule has 0 radical (unpaired) electrons. The zero-order valence-electron chi connectivity index (χ0n) is 24.4. The van der Waals surface area contributed by atoms with Crippen LogP contribution in [0.4, 0.5) is 0 Å². The van der Waals surface area contributed by atoms with E-state index in [-0.39, 0.29) is 23.8 Å². The van der Waals surface area contributed by atoms with Crippen LogP contribution in [0, 0.1) is 0 Å². The second kappa shape index (κ2) is 11.1. The van der Waals surface area contributed by atoms with E-state index in [0.717, 1.165) is 60.9 Å². The largest absolute Gasteiger partial charge is 0.465 e. The van der Waals surface area contributed by atoms with Crippen LogP contribution in [-0.2, 0) is 20.9 Å². The lowest BCUT2D eigenvalue weighted by Gasteiger charge is -2.37. The molecule has 0 N–H and O–H groups in total. The first-order valence-corrected chi connectivity index (χ1v) is 15.7. The van der Waals surface area contributed by atoms with Crippen LogP contribution in [0.1, 0.15) is 85.2 Å². The predicted octanol–water partition coefficient (Wildman–Crippen LogP) is 6.15. The number of hydrogen-bond donors (Lipinski definition) is 0. The number of carbonyl (C=O) groups is 3. The van der Waals surface area contributed by atoms with Gasteiger partial charge in [0, 0.05) is 54.1 Å². The quantitative estimate of drug-likeness (QED) is 0.356. The van der Waals surface area contributed by atoms with E-state index in [2.05, 4.69) is 34.9 Å². The molecule has 1 aromatic heterocycles. The minimum Gasteiger partial charge on any atom is -0.465 e. The van der Waals surface area contributed by atoms with Gasteiger partial charge in [-0.1, -0.05) is 49.6 Å². The van der Waals surface area contributed by atoms with Crippen LogP contribution in [0.5, 0.6) is 0 Å². The number of esters is 1. The number of ether oxygens (including phenoxy) is 1. The molecular formula is C35H39N3O4. The van der Waals surface area contributed by atoms with Crippen molar-refractivity contribution < 1.29 is 19.1 Å². The predicted molar refractivity (Wildman–Crippen MR) is 163 cm³/mol. The molecule has 3 aromatic rings. The fourth-order valence-corrected chi connectivity index (χ4v) is 7.89. The summed E-state index contributed by atoms with van der Waals surface area (Å²) in [5, 5.41) is 1.17. The first-order valence-electron chi connectivity index (χ1n) is 15.7. The summed E-state index contributed by atoms with van der Waals surface area (Å²) in [6, 6.07) is 14.6. The number of nitrogens with zero attached hydrogens (tertiary/aromatic N) is 3. The van der Waals surface area contributed by atoms with Crippen molar-refractivity contribution in [3.8, 4) is 11.3 Å². The molecule has 4 heterocycles. The normalized spacial score (nSPS) is 19.8. The average molecular weight is 566 g/mol. The Kier molecular flexibility index (Phi) is 7.12. The molecule has 7 rings (SSSR count). The minimum atomic E-state index is -0.355. The summed E-state index contributed by atoms with van der Waals surface area (Å²) >= 11 is 0. The Hall–Kier alpha value is -3.87. The highest BCUT2D eigenvalue weighted by Gasteiger charge is 2.34. The van der Waals surface area contributed by atoms with Gasteiger partial charge in [0.2, 0.25) is 5.91 Å². The van der Waals surface area contributed by atoms with Crippen molar-refractivity contribution in [2.24, 2.45) is 0 Å². The van der Waals surface area contributed by atoms with Crippen LogP contribution in [0.2, 0.25) is 0 Å². The van der Waals surface area contributed by atoms with Gasteiger partial charge in [-0.2, -0.15) is 0 Å². The van der Waals surface area contributed by atoms with Crippen molar-refractivity contribution in [2.45, 2.75) is 76.3 Å². The van der Waals surface area contributed by atoms with Gasteiger partial charge in [0.1, 0.15) is 0 Å². The van der Waals surface area contributed by atoms with Crippen LogP contribution in [-0.4, -0.2) is 64.9 Å². The average Bonchev–Trinajstić information content (AvgIpc) is 3.55. The van der Waals surface area contributed by atoms with Gasteiger partial charge in [-0.05, 0) is 67.4 Å². The van der Waals surface area contributed by atoms with E-state index in [4.69, 9.17) is 4.74 Å². The lowest BCUT2D eigenvalue weighted by molar-refractivity contribution is -0.132. The molecule has 7 nitrogen and oxygen atoms in total. The van der Waals surface area contributed by atoms with Crippen molar-refractivity contribution in [3.63, 3.8) is 0 Å². The number of fused-ring (bicyclic) bond motifs is 5. The third-order valence-corrected chi connectivity index (χ3v) is 9.99. The third-order valence-electron chi connectivity index (χ3n) is 9.99. The van der Waals surface area contributed by atoms with Gasteiger partial charge in [0.25, 0.3) is 5.91 Å². The number of amides is 2. The summed E-state index contributed by atoms with van der Waals surface area (Å²) in [5.74, 6) is 0.412. The second-order valence-electron chi connectivity index (χ2n) is 12.4. The molecule has 2 aromatic carbocycles. The van der Waals surface area contributed by atoms with Crippen molar-refractivity contribution in [1.29, 1.82) is 0 Å². The number of carbonyl (C=O) groups excluding carboxylic acids is 3. The Balaban J connectivity index is 1.29. The van der Waals surface area contributed by atoms with Gasteiger partial charge in [-0.25, -0.2) is 4.79 Å². The van der Waals surface area contributed by atoms with Crippen molar-refractivity contribution >= 4 is 34.8 Å². The smallest absolute Gasteiger partial charge is 0.337 e. The summed E-state index contributed by atoms with van der Waals surface area (Å²) in [6.45, 7) is 2.61. The number of rotatable bonds is 4. The molecule has 0 unspecified atom stereocenters. The maximum atomic E-state index is 14.2. The molecule has 2 saturated heterocycles. The molecule has 0 atom stereocenters. The lowest BCUT2D eigenvalue weighted by Crippen LogP contribution is -2.47. The number of aromatic nitrogens is 1. The maximum Gasteiger partial charge on any atom is 0.337 e. The molecule has 42 heavy (non-hydrogen) atoms. The Morgan fingerprint density at radius 3 is 2.43 bits per heavy atom. The van der Waals surface area contributed by atoms with Crippen LogP contribution in [0.15, 0.2) is 48.0 Å². The topological polar surface area (TPSA) is 71.8 Å². The van der Waals surface area contributed by atoms with Gasteiger partial charge < -0.3 is 19.1 Å². The Morgan fingerprint density at radius 1 is 0.905 bits per heavy atom. The lowest BCUT2D eigenvalue weighted by atomic mass is 9.81. The van der Waals surface area contributed by atoms with Gasteiger partial charge in [-0.3, -0.25) is 9.59 Å². The summed E-state index contributed by atoms with van der Waals surface area (Å²) in [7, 11) is 1.41. The molecule has 7 heteroatoms. The SMILES string of the molecule is COC(=O)c1ccc2c(C3CCCCC3)c3n(c2c1)CC(C(=O)N1CCC(N2CCCC2=O)CC1)=Cc1ccccc1-3. The first kappa shape index (κ1) is 27.0. The molecule has 3 fully saturated rings. The van der Waals surface area contributed by atoms with E-state index < -0.39 is 0 Å². The van der Waals surface area contributed by atoms with Gasteiger partial charge in [0.15, 0.2) is 0 Å². The zero-order chi connectivity index (χ0) is 28.8. The van der Waals surface area contributed by atoms with Crippen LogP contribution >= 0.6 is 0 Å². The molecule has 0 bridgehead atoms. The fraction of sp³-hybridized carbons (Fsp3) is 0.457. The molecule has 1 saturated carbocycles. The van der Waals surface area contributed by atoms with Gasteiger partial charge in [0.05, 0.1) is 24.9 Å². The van der Waals surface area contributed by atoms with Crippen molar-refractivity contribution in [3.05, 3.63) is 64.7 Å².